The van der Waals surface area contributed by atoms with Crippen molar-refractivity contribution in [3.63, 3.8) is 0 Å². The van der Waals surface area contributed by atoms with E-state index in [1.807, 2.05) is 6.07 Å². The standard InChI is InChI=1S/C14H21ClN2O/c1-5-14(2,3)9-17-13(18)11-8-10(15)6-7-12(11)16-4/h6-8,16H,5,9H2,1-4H3,(H,17,18). The Morgan fingerprint density at radius 1 is 1.39 bits per heavy atom. The first-order valence-electron chi connectivity index (χ1n) is 6.15. The molecule has 1 rings (SSSR count). The van der Waals surface area contributed by atoms with E-state index >= 15 is 0 Å². The van der Waals surface area contributed by atoms with Crippen LogP contribution in [0.5, 0.6) is 0 Å². The van der Waals surface area contributed by atoms with E-state index in [4.69, 9.17) is 11.6 Å². The van der Waals surface area contributed by atoms with Gasteiger partial charge in [0.15, 0.2) is 0 Å². The molecular formula is C14H21ClN2O. The number of anilines is 1. The van der Waals surface area contributed by atoms with Gasteiger partial charge in [-0.1, -0.05) is 32.4 Å². The van der Waals surface area contributed by atoms with Crippen LogP contribution in [-0.2, 0) is 0 Å². The van der Waals surface area contributed by atoms with Gasteiger partial charge in [-0.3, -0.25) is 4.79 Å². The summed E-state index contributed by atoms with van der Waals surface area (Å²) in [6.07, 6.45) is 1.02. The molecule has 0 saturated heterocycles. The van der Waals surface area contributed by atoms with Crippen LogP contribution >= 0.6 is 11.6 Å². The number of nitrogens with one attached hydrogen (secondary N) is 2. The number of hydrogen-bond acceptors (Lipinski definition) is 2. The Morgan fingerprint density at radius 3 is 2.61 bits per heavy atom. The van der Waals surface area contributed by atoms with Gasteiger partial charge in [-0.2, -0.15) is 0 Å². The van der Waals surface area contributed by atoms with Gasteiger partial charge in [-0.05, 0) is 30.0 Å². The molecule has 100 valence electrons. The van der Waals surface area contributed by atoms with E-state index < -0.39 is 0 Å². The summed E-state index contributed by atoms with van der Waals surface area (Å²) < 4.78 is 0. The zero-order chi connectivity index (χ0) is 13.8. The van der Waals surface area contributed by atoms with E-state index in [2.05, 4.69) is 31.4 Å². The van der Waals surface area contributed by atoms with E-state index in [0.717, 1.165) is 12.1 Å². The van der Waals surface area contributed by atoms with Crippen molar-refractivity contribution in [2.45, 2.75) is 27.2 Å². The molecule has 0 heterocycles. The maximum Gasteiger partial charge on any atom is 0.253 e. The molecule has 0 aromatic heterocycles. The molecule has 3 nitrogen and oxygen atoms in total. The third-order valence-electron chi connectivity index (χ3n) is 3.18. The molecule has 0 radical (unpaired) electrons. The average Bonchev–Trinajstić information content (AvgIpc) is 2.36. The summed E-state index contributed by atoms with van der Waals surface area (Å²) in [7, 11) is 1.79. The second kappa shape index (κ2) is 6.10. The number of hydrogen-bond donors (Lipinski definition) is 2. The largest absolute Gasteiger partial charge is 0.387 e. The third-order valence-corrected chi connectivity index (χ3v) is 3.42. The van der Waals surface area contributed by atoms with Crippen LogP contribution in [0, 0.1) is 5.41 Å². The van der Waals surface area contributed by atoms with Crippen molar-refractivity contribution >= 4 is 23.2 Å². The topological polar surface area (TPSA) is 41.1 Å². The monoisotopic (exact) mass is 268 g/mol. The van der Waals surface area contributed by atoms with E-state index in [1.54, 1.807) is 19.2 Å². The average molecular weight is 269 g/mol. The van der Waals surface area contributed by atoms with Crippen LogP contribution in [0.1, 0.15) is 37.6 Å². The number of benzene rings is 1. The molecule has 0 unspecified atom stereocenters. The lowest BCUT2D eigenvalue weighted by molar-refractivity contribution is 0.0936. The summed E-state index contributed by atoms with van der Waals surface area (Å²) in [6, 6.07) is 5.25. The molecule has 0 saturated carbocycles. The second-order valence-corrected chi connectivity index (χ2v) is 5.58. The van der Waals surface area contributed by atoms with Gasteiger partial charge in [0.25, 0.3) is 5.91 Å². The van der Waals surface area contributed by atoms with Gasteiger partial charge in [0.05, 0.1) is 5.56 Å². The Kier molecular flexibility index (Phi) is 5.03. The van der Waals surface area contributed by atoms with E-state index in [0.29, 0.717) is 17.1 Å². The highest BCUT2D eigenvalue weighted by molar-refractivity contribution is 6.31. The van der Waals surface area contributed by atoms with Gasteiger partial charge >= 0.3 is 0 Å². The number of halogens is 1. The fourth-order valence-electron chi connectivity index (χ4n) is 1.46. The Morgan fingerprint density at radius 2 is 2.06 bits per heavy atom. The Bertz CT molecular complexity index is 430. The van der Waals surface area contributed by atoms with Crippen molar-refractivity contribution in [3.05, 3.63) is 28.8 Å². The zero-order valence-electron chi connectivity index (χ0n) is 11.4. The first kappa shape index (κ1) is 14.8. The first-order chi connectivity index (χ1) is 8.39. The molecular weight excluding hydrogens is 248 g/mol. The minimum Gasteiger partial charge on any atom is -0.387 e. The fraction of sp³-hybridized carbons (Fsp3) is 0.500. The van der Waals surface area contributed by atoms with E-state index in [-0.39, 0.29) is 11.3 Å². The third kappa shape index (κ3) is 3.91. The maximum atomic E-state index is 12.1. The molecule has 1 amide bonds. The van der Waals surface area contributed by atoms with Crippen LogP contribution in [0.4, 0.5) is 5.69 Å². The predicted octanol–water partition coefficient (Wildman–Crippen LogP) is 3.55. The summed E-state index contributed by atoms with van der Waals surface area (Å²) >= 11 is 5.93. The van der Waals surface area contributed by atoms with Gasteiger partial charge in [0.2, 0.25) is 0 Å². The molecule has 1 aromatic rings. The minimum absolute atomic E-state index is 0.0941. The van der Waals surface area contributed by atoms with E-state index in [9.17, 15) is 4.79 Å². The lowest BCUT2D eigenvalue weighted by Crippen LogP contribution is -2.33. The van der Waals surface area contributed by atoms with Gasteiger partial charge < -0.3 is 10.6 Å². The Balaban J connectivity index is 2.81. The number of carbonyl (C=O) groups excluding carboxylic acids is 1. The lowest BCUT2D eigenvalue weighted by Gasteiger charge is -2.23. The molecule has 0 bridgehead atoms. The van der Waals surface area contributed by atoms with Crippen LogP contribution in [0.2, 0.25) is 5.02 Å². The zero-order valence-corrected chi connectivity index (χ0v) is 12.2. The quantitative estimate of drug-likeness (QED) is 0.858. The predicted molar refractivity (Wildman–Crippen MR) is 77.4 cm³/mol. The summed E-state index contributed by atoms with van der Waals surface area (Å²) in [5.41, 5.74) is 1.47. The summed E-state index contributed by atoms with van der Waals surface area (Å²) in [5.74, 6) is -0.0941. The SMILES string of the molecule is CCC(C)(C)CNC(=O)c1cc(Cl)ccc1NC. The normalized spacial score (nSPS) is 11.2. The summed E-state index contributed by atoms with van der Waals surface area (Å²) in [4.78, 5) is 12.1. The molecule has 18 heavy (non-hydrogen) atoms. The number of carbonyl (C=O) groups is 1. The van der Waals surface area contributed by atoms with Gasteiger partial charge in [0, 0.05) is 24.3 Å². The van der Waals surface area contributed by atoms with Crippen molar-refractivity contribution in [1.29, 1.82) is 0 Å². The highest BCUT2D eigenvalue weighted by atomic mass is 35.5. The maximum absolute atomic E-state index is 12.1. The molecule has 0 atom stereocenters. The smallest absolute Gasteiger partial charge is 0.253 e. The van der Waals surface area contributed by atoms with Crippen molar-refractivity contribution in [2.75, 3.05) is 18.9 Å². The van der Waals surface area contributed by atoms with Crippen LogP contribution in [0.3, 0.4) is 0 Å². The number of amides is 1. The fourth-order valence-corrected chi connectivity index (χ4v) is 1.63. The minimum atomic E-state index is -0.0941. The first-order valence-corrected chi connectivity index (χ1v) is 6.53. The van der Waals surface area contributed by atoms with Crippen LogP contribution in [0.25, 0.3) is 0 Å². The highest BCUT2D eigenvalue weighted by Gasteiger charge is 2.18. The van der Waals surface area contributed by atoms with Crippen molar-refractivity contribution in [3.8, 4) is 0 Å². The molecule has 4 heteroatoms. The van der Waals surface area contributed by atoms with Crippen LogP contribution in [0.15, 0.2) is 18.2 Å². The van der Waals surface area contributed by atoms with Gasteiger partial charge in [-0.15, -0.1) is 0 Å². The number of rotatable bonds is 5. The molecule has 2 N–H and O–H groups in total. The lowest BCUT2D eigenvalue weighted by atomic mass is 9.90. The highest BCUT2D eigenvalue weighted by Crippen LogP contribution is 2.21. The Hall–Kier alpha value is -1.22. The van der Waals surface area contributed by atoms with Crippen LogP contribution < -0.4 is 10.6 Å². The molecule has 1 aromatic carbocycles. The van der Waals surface area contributed by atoms with Gasteiger partial charge in [0.1, 0.15) is 0 Å². The van der Waals surface area contributed by atoms with Crippen molar-refractivity contribution < 1.29 is 4.79 Å². The van der Waals surface area contributed by atoms with Crippen molar-refractivity contribution in [1.82, 2.24) is 5.32 Å². The molecule has 0 aliphatic rings. The van der Waals surface area contributed by atoms with E-state index in [1.165, 1.54) is 0 Å². The summed E-state index contributed by atoms with van der Waals surface area (Å²) in [6.45, 7) is 7.02. The Labute approximate surface area is 114 Å². The second-order valence-electron chi connectivity index (χ2n) is 5.14. The summed E-state index contributed by atoms with van der Waals surface area (Å²) in [5, 5.41) is 6.51. The molecule has 0 aliphatic heterocycles. The molecule has 0 fully saturated rings. The van der Waals surface area contributed by atoms with Crippen LogP contribution in [-0.4, -0.2) is 19.5 Å². The van der Waals surface area contributed by atoms with Crippen molar-refractivity contribution in [2.24, 2.45) is 5.41 Å². The van der Waals surface area contributed by atoms with Gasteiger partial charge in [-0.25, -0.2) is 0 Å². The molecule has 0 aliphatic carbocycles. The molecule has 0 spiro atoms.